The van der Waals surface area contributed by atoms with Crippen molar-refractivity contribution in [3.05, 3.63) is 107 Å². The van der Waals surface area contributed by atoms with Gasteiger partial charge in [-0.05, 0) is 72.6 Å². The first-order chi connectivity index (χ1) is 23.6. The Bertz CT molecular complexity index is 2100. The number of carbonyl (C=O) groups excluding carboxylic acids is 1. The van der Waals surface area contributed by atoms with Gasteiger partial charge in [0.1, 0.15) is 23.9 Å². The van der Waals surface area contributed by atoms with Crippen molar-refractivity contribution >= 4 is 40.9 Å². The van der Waals surface area contributed by atoms with Crippen LogP contribution in [0.4, 0.5) is 10.6 Å². The Kier molecular flexibility index (Phi) is 10.1. The fourth-order valence-electron chi connectivity index (χ4n) is 5.01. The number of amides is 2. The molecule has 0 aliphatic heterocycles. The van der Waals surface area contributed by atoms with Crippen molar-refractivity contribution in [3.63, 3.8) is 0 Å². The van der Waals surface area contributed by atoms with Gasteiger partial charge < -0.3 is 20.3 Å². The fourth-order valence-corrected chi connectivity index (χ4v) is 6.15. The lowest BCUT2D eigenvalue weighted by molar-refractivity contribution is 0.201. The van der Waals surface area contributed by atoms with E-state index in [1.54, 1.807) is 28.6 Å². The number of nitrogens with zero attached hydrogens (tertiary/aromatic N) is 5. The molecule has 0 aliphatic carbocycles. The molecule has 11 nitrogen and oxygen atoms in total. The Morgan fingerprint density at radius 1 is 1.02 bits per heavy atom. The minimum absolute atomic E-state index is 0.0337. The van der Waals surface area contributed by atoms with Gasteiger partial charge in [-0.15, -0.1) is 10.2 Å². The normalized spacial score (nSPS) is 11.5. The van der Waals surface area contributed by atoms with Gasteiger partial charge in [0.15, 0.2) is 11.5 Å². The monoisotopic (exact) mass is 697 g/mol. The van der Waals surface area contributed by atoms with Crippen LogP contribution in [-0.2, 0) is 12.0 Å². The van der Waals surface area contributed by atoms with Crippen LogP contribution < -0.4 is 15.4 Å². The lowest BCUT2D eigenvalue weighted by Gasteiger charge is -2.19. The maximum Gasteiger partial charge on any atom is 0.320 e. The average molecular weight is 698 g/mol. The van der Waals surface area contributed by atoms with Crippen LogP contribution in [0.1, 0.15) is 38.4 Å². The molecule has 0 aliphatic rings. The minimum atomic E-state index is -0.394. The number of phenols is 1. The first kappa shape index (κ1) is 33.8. The van der Waals surface area contributed by atoms with Crippen LogP contribution in [0.15, 0.2) is 101 Å². The van der Waals surface area contributed by atoms with Gasteiger partial charge in [0.25, 0.3) is 0 Å². The van der Waals surface area contributed by atoms with Gasteiger partial charge in [-0.1, -0.05) is 62.3 Å². The molecular formula is C36H36ClN7O4S. The number of aromatic hydroxyl groups is 1. The summed E-state index contributed by atoms with van der Waals surface area (Å²) in [6.45, 7) is 6.75. The van der Waals surface area contributed by atoms with E-state index in [1.165, 1.54) is 6.07 Å². The van der Waals surface area contributed by atoms with E-state index in [2.05, 4.69) is 41.6 Å². The summed E-state index contributed by atoms with van der Waals surface area (Å²) in [7, 11) is 0. The number of pyridine rings is 1. The molecule has 0 unspecified atom stereocenters. The number of ether oxygens (including phenoxy) is 1. The van der Waals surface area contributed by atoms with Crippen LogP contribution in [0.5, 0.6) is 11.5 Å². The fraction of sp³-hybridized carbons (Fsp3) is 0.222. The number of hydrogen-bond donors (Lipinski definition) is 4. The summed E-state index contributed by atoms with van der Waals surface area (Å²) in [5.74, 6) is 1.80. The van der Waals surface area contributed by atoms with E-state index < -0.39 is 6.03 Å². The van der Waals surface area contributed by atoms with Crippen molar-refractivity contribution < 1.29 is 19.7 Å². The molecule has 3 aromatic carbocycles. The minimum Gasteiger partial charge on any atom is -0.506 e. The highest BCUT2D eigenvalue weighted by Gasteiger charge is 2.25. The first-order valence-corrected chi connectivity index (χ1v) is 16.9. The summed E-state index contributed by atoms with van der Waals surface area (Å²) >= 11 is 7.78. The topological polar surface area (TPSA) is 139 Å². The summed E-state index contributed by atoms with van der Waals surface area (Å²) < 4.78 is 9.05. The highest BCUT2D eigenvalue weighted by atomic mass is 35.5. The number of urea groups is 1. The molecule has 6 aromatic rings. The third kappa shape index (κ3) is 7.67. The number of phenolic OH excluding ortho intramolecular Hbond substituents is 1. The molecule has 0 spiro atoms. The predicted octanol–water partition coefficient (Wildman–Crippen LogP) is 7.47. The van der Waals surface area contributed by atoms with Crippen LogP contribution in [0.25, 0.3) is 22.7 Å². The number of nitrogens with one attached hydrogen (secondary N) is 2. The van der Waals surface area contributed by atoms with Crippen molar-refractivity contribution in [2.24, 2.45) is 0 Å². The van der Waals surface area contributed by atoms with Crippen LogP contribution in [0, 0.1) is 0 Å². The number of halogens is 1. The zero-order valence-corrected chi connectivity index (χ0v) is 28.8. The van der Waals surface area contributed by atoms with Gasteiger partial charge in [-0.3, -0.25) is 9.72 Å². The highest BCUT2D eigenvalue weighted by molar-refractivity contribution is 7.99. The number of benzene rings is 3. The maximum absolute atomic E-state index is 13.3. The molecule has 0 radical (unpaired) electrons. The van der Waals surface area contributed by atoms with E-state index in [9.17, 15) is 9.90 Å². The molecule has 0 fully saturated rings. The lowest BCUT2D eigenvalue weighted by atomic mass is 9.87. The molecular weight excluding hydrogens is 662 g/mol. The summed E-state index contributed by atoms with van der Waals surface area (Å²) in [6.07, 6.45) is 2.84. The number of fused-ring (bicyclic) bond motifs is 1. The molecule has 4 N–H and O–H groups in total. The Balaban J connectivity index is 1.18. The summed E-state index contributed by atoms with van der Waals surface area (Å²) in [4.78, 5) is 15.2. The average Bonchev–Trinajstić information content (AvgIpc) is 3.73. The molecule has 6 rings (SSSR count). The van der Waals surface area contributed by atoms with Gasteiger partial charge in [0.05, 0.1) is 23.0 Å². The Morgan fingerprint density at radius 2 is 1.82 bits per heavy atom. The number of aliphatic hydroxyl groups is 1. The van der Waals surface area contributed by atoms with Crippen molar-refractivity contribution in [1.82, 2.24) is 29.7 Å². The predicted molar refractivity (Wildman–Crippen MR) is 191 cm³/mol. The van der Waals surface area contributed by atoms with E-state index >= 15 is 0 Å². The molecule has 0 saturated carbocycles. The van der Waals surface area contributed by atoms with Crippen LogP contribution in [-0.4, -0.2) is 53.8 Å². The standard InChI is InChI=1S/C36H36ClN7O4S/c1-4-36(2,3)31-20-33(44(42-31)25-11-15-29(46)28(37)19-25)39-35(47)38-21-24-7-5-6-8-30(24)49-27-14-16-32-40-41-34(43(32)22-27)23-9-12-26(13-10-23)48-18-17-45/h5-16,19-20,22,45-46H,4,17-18,21H2,1-3H3,(H2,38,39,47). The van der Waals surface area contributed by atoms with E-state index in [0.717, 1.165) is 33.0 Å². The van der Waals surface area contributed by atoms with Crippen molar-refractivity contribution in [3.8, 4) is 28.6 Å². The molecule has 49 heavy (non-hydrogen) atoms. The zero-order chi connectivity index (χ0) is 34.5. The van der Waals surface area contributed by atoms with Crippen molar-refractivity contribution in [2.75, 3.05) is 18.5 Å². The molecule has 3 heterocycles. The second-order valence-corrected chi connectivity index (χ2v) is 13.5. The van der Waals surface area contributed by atoms with Crippen molar-refractivity contribution in [1.29, 1.82) is 0 Å². The Morgan fingerprint density at radius 3 is 2.57 bits per heavy atom. The van der Waals surface area contributed by atoms with Gasteiger partial charge in [0, 0.05) is 39.6 Å². The van der Waals surface area contributed by atoms with E-state index in [-0.39, 0.29) is 35.9 Å². The quantitative estimate of drug-likeness (QED) is 0.103. The maximum atomic E-state index is 13.3. The highest BCUT2D eigenvalue weighted by Crippen LogP contribution is 2.33. The van der Waals surface area contributed by atoms with Crippen LogP contribution in [0.3, 0.4) is 0 Å². The van der Waals surface area contributed by atoms with Gasteiger partial charge >= 0.3 is 6.03 Å². The molecule has 2 amide bonds. The zero-order valence-electron chi connectivity index (χ0n) is 27.2. The Hall–Kier alpha value is -5.04. The van der Waals surface area contributed by atoms with E-state index in [1.807, 2.05) is 77.3 Å². The summed E-state index contributed by atoms with van der Waals surface area (Å²) in [5, 5.41) is 38.6. The van der Waals surface area contributed by atoms with Crippen molar-refractivity contribution in [2.45, 2.75) is 48.9 Å². The molecule has 3 aromatic heterocycles. The first-order valence-electron chi connectivity index (χ1n) is 15.7. The van der Waals surface area contributed by atoms with Gasteiger partial charge in [-0.2, -0.15) is 5.10 Å². The second kappa shape index (κ2) is 14.6. The summed E-state index contributed by atoms with van der Waals surface area (Å²) in [5.41, 5.74) is 3.72. The smallest absolute Gasteiger partial charge is 0.320 e. The molecule has 13 heteroatoms. The number of carbonyl (C=O) groups is 1. The van der Waals surface area contributed by atoms with Gasteiger partial charge in [0.2, 0.25) is 0 Å². The number of rotatable bonds is 12. The van der Waals surface area contributed by atoms with Gasteiger partial charge in [-0.25, -0.2) is 9.48 Å². The molecule has 252 valence electrons. The SMILES string of the molecule is CCC(C)(C)c1cc(NC(=O)NCc2ccccc2Sc2ccc3nnc(-c4ccc(OCCO)cc4)n3c2)n(-c2ccc(O)c(Cl)c2)n1. The number of hydrogen-bond acceptors (Lipinski definition) is 8. The third-order valence-electron chi connectivity index (χ3n) is 8.19. The number of anilines is 1. The van der Waals surface area contributed by atoms with E-state index in [4.69, 9.17) is 26.5 Å². The molecule has 0 bridgehead atoms. The van der Waals surface area contributed by atoms with E-state index in [0.29, 0.717) is 28.7 Å². The Labute approximate surface area is 292 Å². The molecule has 0 saturated heterocycles. The number of aromatic nitrogens is 5. The van der Waals surface area contributed by atoms with Crippen LogP contribution >= 0.6 is 23.4 Å². The molecule has 0 atom stereocenters. The van der Waals surface area contributed by atoms with Crippen LogP contribution in [0.2, 0.25) is 5.02 Å². The lowest BCUT2D eigenvalue weighted by Crippen LogP contribution is -2.29. The number of aliphatic hydroxyl groups excluding tert-OH is 1. The summed E-state index contributed by atoms with van der Waals surface area (Å²) in [6, 6.07) is 25.6. The largest absolute Gasteiger partial charge is 0.506 e. The third-order valence-corrected chi connectivity index (χ3v) is 9.59. The second-order valence-electron chi connectivity index (χ2n) is 11.9.